The molecule has 6 nitrogen and oxygen atoms in total. The van der Waals surface area contributed by atoms with E-state index in [-0.39, 0.29) is 17.3 Å². The smallest absolute Gasteiger partial charge is 0.245 e. The molecule has 0 unspecified atom stereocenters. The van der Waals surface area contributed by atoms with Crippen molar-refractivity contribution in [1.82, 2.24) is 14.5 Å². The Hall–Kier alpha value is -1.52. The summed E-state index contributed by atoms with van der Waals surface area (Å²) in [5, 5.41) is 3.77. The van der Waals surface area contributed by atoms with Crippen LogP contribution in [0.25, 0.3) is 0 Å². The fourth-order valence-corrected chi connectivity index (χ4v) is 2.28. The van der Waals surface area contributed by atoms with Gasteiger partial charge in [-0.05, 0) is 6.92 Å². The molecule has 0 atom stereocenters. The summed E-state index contributed by atoms with van der Waals surface area (Å²) in [6.07, 6.45) is 1.83. The molecule has 0 aliphatic carbocycles. The van der Waals surface area contributed by atoms with Gasteiger partial charge in [-0.15, -0.1) is 11.8 Å². The van der Waals surface area contributed by atoms with Gasteiger partial charge in [-0.3, -0.25) is 4.68 Å². The maximum Gasteiger partial charge on any atom is 0.245 e. The van der Waals surface area contributed by atoms with Crippen molar-refractivity contribution in [3.05, 3.63) is 6.20 Å². The summed E-state index contributed by atoms with van der Waals surface area (Å²) >= 11 is 0. The molecule has 16 heavy (non-hydrogen) atoms. The summed E-state index contributed by atoms with van der Waals surface area (Å²) in [6, 6.07) is 0. The van der Waals surface area contributed by atoms with Gasteiger partial charge < -0.3 is 5.73 Å². The van der Waals surface area contributed by atoms with Crippen molar-refractivity contribution in [2.75, 3.05) is 12.3 Å². The zero-order valence-corrected chi connectivity index (χ0v) is 10.0. The zero-order valence-electron chi connectivity index (χ0n) is 9.19. The minimum absolute atomic E-state index is 0.000502. The summed E-state index contributed by atoms with van der Waals surface area (Å²) in [4.78, 5) is -0.000502. The van der Waals surface area contributed by atoms with Crippen LogP contribution in [0, 0.1) is 11.8 Å². The molecule has 0 aliphatic heterocycles. The molecule has 1 rings (SSSR count). The zero-order chi connectivity index (χ0) is 12.2. The maximum absolute atomic E-state index is 11.7. The van der Waals surface area contributed by atoms with E-state index in [9.17, 15) is 8.42 Å². The van der Waals surface area contributed by atoms with Gasteiger partial charge >= 0.3 is 0 Å². The molecule has 0 bridgehead atoms. The molecule has 1 aromatic rings. The van der Waals surface area contributed by atoms with E-state index in [2.05, 4.69) is 21.7 Å². The van der Waals surface area contributed by atoms with Gasteiger partial charge in [0.2, 0.25) is 10.0 Å². The topological polar surface area (TPSA) is 90.0 Å². The molecular weight excluding hydrogens is 228 g/mol. The molecule has 0 amide bonds. The Bertz CT molecular complexity index is 521. The molecule has 1 heterocycles. The van der Waals surface area contributed by atoms with Gasteiger partial charge in [-0.1, -0.05) is 0 Å². The first-order chi connectivity index (χ1) is 7.47. The van der Waals surface area contributed by atoms with Gasteiger partial charge in [0, 0.05) is 26.2 Å². The van der Waals surface area contributed by atoms with Crippen LogP contribution in [0.3, 0.4) is 0 Å². The summed E-state index contributed by atoms with van der Waals surface area (Å²) in [5.74, 6) is 5.44. The Balaban J connectivity index is 2.77. The Morgan fingerprint density at radius 2 is 2.31 bits per heavy atom. The third-order valence-corrected chi connectivity index (χ3v) is 3.31. The first-order valence-electron chi connectivity index (χ1n) is 4.66. The lowest BCUT2D eigenvalue weighted by Gasteiger charge is -2.02. The fraction of sp³-hybridized carbons (Fsp3) is 0.444. The summed E-state index contributed by atoms with van der Waals surface area (Å²) < 4.78 is 27.2. The molecule has 1 aromatic heterocycles. The average molecular weight is 242 g/mol. The van der Waals surface area contributed by atoms with Gasteiger partial charge in [0.05, 0.1) is 0 Å². The monoisotopic (exact) mass is 242 g/mol. The van der Waals surface area contributed by atoms with Crippen LogP contribution < -0.4 is 10.5 Å². The third kappa shape index (κ3) is 2.98. The number of rotatable bonds is 4. The normalized spacial score (nSPS) is 10.9. The summed E-state index contributed by atoms with van der Waals surface area (Å²) in [5.41, 5.74) is 5.48. The van der Waals surface area contributed by atoms with E-state index in [0.29, 0.717) is 6.42 Å². The van der Waals surface area contributed by atoms with Crippen LogP contribution in [0.2, 0.25) is 0 Å². The first-order valence-corrected chi connectivity index (χ1v) is 6.14. The van der Waals surface area contributed by atoms with E-state index in [1.807, 2.05) is 0 Å². The Labute approximate surface area is 94.9 Å². The fourth-order valence-electron chi connectivity index (χ4n) is 1.14. The number of nitrogens with zero attached hydrogens (tertiary/aromatic N) is 2. The lowest BCUT2D eigenvalue weighted by Crippen LogP contribution is -2.25. The Morgan fingerprint density at radius 1 is 1.62 bits per heavy atom. The van der Waals surface area contributed by atoms with Crippen molar-refractivity contribution in [1.29, 1.82) is 0 Å². The van der Waals surface area contributed by atoms with Crippen LogP contribution in [0.1, 0.15) is 13.3 Å². The van der Waals surface area contributed by atoms with Crippen LogP contribution in [-0.2, 0) is 17.1 Å². The van der Waals surface area contributed by atoms with Crippen LogP contribution in [0.15, 0.2) is 11.1 Å². The number of sulfonamides is 1. The molecule has 88 valence electrons. The van der Waals surface area contributed by atoms with Crippen LogP contribution in [0.5, 0.6) is 0 Å². The van der Waals surface area contributed by atoms with E-state index < -0.39 is 10.0 Å². The number of hydrogen-bond donors (Lipinski definition) is 2. The van der Waals surface area contributed by atoms with E-state index in [4.69, 9.17) is 5.73 Å². The van der Waals surface area contributed by atoms with Crippen molar-refractivity contribution in [2.45, 2.75) is 18.2 Å². The van der Waals surface area contributed by atoms with E-state index in [0.717, 1.165) is 0 Å². The van der Waals surface area contributed by atoms with Crippen molar-refractivity contribution in [2.24, 2.45) is 7.05 Å². The number of aromatic nitrogens is 2. The summed E-state index contributed by atoms with van der Waals surface area (Å²) in [6.45, 7) is 1.96. The van der Waals surface area contributed by atoms with Crippen LogP contribution in [-0.4, -0.2) is 24.7 Å². The molecule has 3 N–H and O–H groups in total. The molecule has 0 fully saturated rings. The van der Waals surface area contributed by atoms with E-state index in [1.165, 1.54) is 10.9 Å². The molecule has 0 aliphatic rings. The maximum atomic E-state index is 11.7. The van der Waals surface area contributed by atoms with Gasteiger partial charge in [-0.2, -0.15) is 5.10 Å². The second kappa shape index (κ2) is 5.01. The van der Waals surface area contributed by atoms with E-state index >= 15 is 0 Å². The second-order valence-corrected chi connectivity index (χ2v) is 4.86. The molecule has 0 radical (unpaired) electrons. The third-order valence-electron chi connectivity index (χ3n) is 1.83. The minimum atomic E-state index is -3.58. The SMILES string of the molecule is CC#CCCNS(=O)(=O)c1cn(C)nc1N. The Morgan fingerprint density at radius 3 is 2.81 bits per heavy atom. The highest BCUT2D eigenvalue weighted by atomic mass is 32.2. The van der Waals surface area contributed by atoms with Gasteiger partial charge in [0.25, 0.3) is 0 Å². The van der Waals surface area contributed by atoms with Gasteiger partial charge in [-0.25, -0.2) is 13.1 Å². The van der Waals surface area contributed by atoms with Crippen molar-refractivity contribution in [3.63, 3.8) is 0 Å². The van der Waals surface area contributed by atoms with Gasteiger partial charge in [0.15, 0.2) is 5.82 Å². The minimum Gasteiger partial charge on any atom is -0.381 e. The number of nitrogen functional groups attached to an aromatic ring is 1. The van der Waals surface area contributed by atoms with Crippen molar-refractivity contribution >= 4 is 15.8 Å². The highest BCUT2D eigenvalue weighted by Gasteiger charge is 2.19. The van der Waals surface area contributed by atoms with Crippen LogP contribution in [0.4, 0.5) is 5.82 Å². The predicted molar refractivity (Wildman–Crippen MR) is 60.9 cm³/mol. The van der Waals surface area contributed by atoms with Crippen molar-refractivity contribution < 1.29 is 8.42 Å². The first kappa shape index (κ1) is 12.5. The quantitative estimate of drug-likeness (QED) is 0.560. The number of hydrogen-bond acceptors (Lipinski definition) is 4. The summed E-state index contributed by atoms with van der Waals surface area (Å²) in [7, 11) is -1.97. The molecule has 0 spiro atoms. The van der Waals surface area contributed by atoms with E-state index in [1.54, 1.807) is 14.0 Å². The molecule has 0 aromatic carbocycles. The second-order valence-electron chi connectivity index (χ2n) is 3.13. The number of anilines is 1. The number of nitrogens with two attached hydrogens (primary N) is 1. The predicted octanol–water partition coefficient (Wildman–Crippen LogP) is -0.306. The lowest BCUT2D eigenvalue weighted by molar-refractivity contribution is 0.582. The lowest BCUT2D eigenvalue weighted by atomic mass is 10.4. The highest BCUT2D eigenvalue weighted by Crippen LogP contribution is 2.14. The standard InChI is InChI=1S/C9H14N4O2S/c1-3-4-5-6-11-16(14,15)8-7-13(2)12-9(8)10/h7,11H,5-6H2,1-2H3,(H2,10,12). The average Bonchev–Trinajstić information content (AvgIpc) is 2.53. The number of aryl methyl sites for hydroxylation is 1. The molecule has 7 heteroatoms. The molecule has 0 saturated carbocycles. The Kier molecular flexibility index (Phi) is 3.93. The molecular formula is C9H14N4O2S. The molecule has 0 saturated heterocycles. The van der Waals surface area contributed by atoms with Gasteiger partial charge in [0.1, 0.15) is 4.90 Å². The number of nitrogens with one attached hydrogen (secondary N) is 1. The van der Waals surface area contributed by atoms with Crippen LogP contribution >= 0.6 is 0 Å². The van der Waals surface area contributed by atoms with Crippen molar-refractivity contribution in [3.8, 4) is 11.8 Å². The highest BCUT2D eigenvalue weighted by molar-refractivity contribution is 7.89. The largest absolute Gasteiger partial charge is 0.381 e.